The van der Waals surface area contributed by atoms with Crippen molar-refractivity contribution in [1.82, 2.24) is 25.3 Å². The number of hydrogen-bond donors (Lipinski definition) is 3. The van der Waals surface area contributed by atoms with Gasteiger partial charge >= 0.3 is 17.4 Å². The number of urea groups is 1. The fraction of sp³-hybridized carbons (Fsp3) is 0.647. The number of carbonyl (C=O) groups is 2. The van der Waals surface area contributed by atoms with Crippen LogP contribution in [0.25, 0.3) is 0 Å². The first-order valence-corrected chi connectivity index (χ1v) is 10.7. The van der Waals surface area contributed by atoms with Crippen LogP contribution in [-0.2, 0) is 31.8 Å². The Morgan fingerprint density at radius 1 is 1.34 bits per heavy atom. The van der Waals surface area contributed by atoms with Gasteiger partial charge < -0.3 is 14.8 Å². The van der Waals surface area contributed by atoms with E-state index in [1.165, 1.54) is 4.90 Å². The summed E-state index contributed by atoms with van der Waals surface area (Å²) < 4.78 is 26.5. The molecule has 11 nitrogen and oxygen atoms in total. The molecule has 29 heavy (non-hydrogen) atoms. The number of aromatic nitrogens is 1. The SMILES string of the molecule is O=C(NOC[C@H]1C[C@H](Cn2cccc2)CN1)C1CCC2CN1C(=O)N2OS(=O)O. The molecule has 0 saturated carbocycles. The molecule has 12 heteroatoms. The molecule has 1 aromatic heterocycles. The smallest absolute Gasteiger partial charge is 0.346 e. The molecule has 0 aliphatic carbocycles. The molecule has 3 aliphatic heterocycles. The Balaban J connectivity index is 1.20. The standard InChI is InChI=1S/C17H25N5O6S/c23-16(15-4-3-14-10-21(15)17(24)22(14)28-29(25)26)19-27-11-13-7-12(8-18-13)9-20-5-1-2-6-20/h1-2,5-6,12-15,18H,3-4,7-11H2,(H,19,23)(H,25,26)/t12-,13+,14?,15?/m0/s1. The molecule has 3 saturated heterocycles. The van der Waals surface area contributed by atoms with Gasteiger partial charge in [0.2, 0.25) is 0 Å². The fourth-order valence-electron chi connectivity index (χ4n) is 4.31. The maximum Gasteiger partial charge on any atom is 0.346 e. The quantitative estimate of drug-likeness (QED) is 0.389. The fourth-order valence-corrected chi connectivity index (χ4v) is 4.63. The highest BCUT2D eigenvalue weighted by Gasteiger charge is 2.48. The molecular formula is C17H25N5O6S. The second-order valence-corrected chi connectivity index (χ2v) is 8.25. The van der Waals surface area contributed by atoms with E-state index in [1.54, 1.807) is 0 Å². The minimum atomic E-state index is -2.58. The van der Waals surface area contributed by atoms with Gasteiger partial charge in [-0.15, -0.1) is 4.28 Å². The third-order valence-corrected chi connectivity index (χ3v) is 5.96. The van der Waals surface area contributed by atoms with Gasteiger partial charge in [-0.1, -0.05) is 0 Å². The number of piperidine rings is 1. The van der Waals surface area contributed by atoms with E-state index in [1.807, 2.05) is 24.5 Å². The summed E-state index contributed by atoms with van der Waals surface area (Å²) in [6, 6.07) is 2.57. The van der Waals surface area contributed by atoms with Gasteiger partial charge in [-0.25, -0.2) is 10.3 Å². The lowest BCUT2D eigenvalue weighted by atomic mass is 10.0. The molecule has 3 unspecified atom stereocenters. The summed E-state index contributed by atoms with van der Waals surface area (Å²) in [6.07, 6.45) is 5.98. The Labute approximate surface area is 170 Å². The summed E-state index contributed by atoms with van der Waals surface area (Å²) >= 11 is -2.58. The van der Waals surface area contributed by atoms with Crippen LogP contribution < -0.4 is 10.8 Å². The number of nitrogens with zero attached hydrogens (tertiary/aromatic N) is 3. The van der Waals surface area contributed by atoms with Crippen molar-refractivity contribution in [3.8, 4) is 0 Å². The largest absolute Gasteiger partial charge is 0.354 e. The molecule has 3 N–H and O–H groups in total. The zero-order chi connectivity index (χ0) is 20.4. The topological polar surface area (TPSA) is 125 Å². The predicted molar refractivity (Wildman–Crippen MR) is 101 cm³/mol. The molecule has 3 fully saturated rings. The normalized spacial score (nSPS) is 30.0. The molecular weight excluding hydrogens is 402 g/mol. The van der Waals surface area contributed by atoms with E-state index < -0.39 is 29.3 Å². The van der Waals surface area contributed by atoms with Crippen molar-refractivity contribution in [3.63, 3.8) is 0 Å². The summed E-state index contributed by atoms with van der Waals surface area (Å²) in [5.41, 5.74) is 2.45. The van der Waals surface area contributed by atoms with Gasteiger partial charge in [-0.05, 0) is 37.3 Å². The minimum Gasteiger partial charge on any atom is -0.354 e. The average molecular weight is 427 g/mol. The molecule has 5 atom stereocenters. The van der Waals surface area contributed by atoms with Gasteiger partial charge in [0.15, 0.2) is 0 Å². The highest BCUT2D eigenvalue weighted by molar-refractivity contribution is 7.74. The summed E-state index contributed by atoms with van der Waals surface area (Å²) in [5, 5.41) is 4.29. The van der Waals surface area contributed by atoms with E-state index in [0.29, 0.717) is 25.4 Å². The molecule has 4 rings (SSSR count). The Kier molecular flexibility index (Phi) is 6.15. The monoisotopic (exact) mass is 427 g/mol. The highest BCUT2D eigenvalue weighted by Crippen LogP contribution is 2.30. The Hall–Kier alpha value is -1.99. The predicted octanol–water partition coefficient (Wildman–Crippen LogP) is -0.149. The number of rotatable bonds is 8. The van der Waals surface area contributed by atoms with Gasteiger partial charge in [-0.3, -0.25) is 14.2 Å². The average Bonchev–Trinajstić information content (AvgIpc) is 3.41. The van der Waals surface area contributed by atoms with E-state index in [-0.39, 0.29) is 18.6 Å². The Morgan fingerprint density at radius 3 is 2.90 bits per heavy atom. The van der Waals surface area contributed by atoms with Gasteiger partial charge in [0.1, 0.15) is 6.04 Å². The van der Waals surface area contributed by atoms with Crippen molar-refractivity contribution in [2.75, 3.05) is 19.7 Å². The lowest BCUT2D eigenvalue weighted by molar-refractivity contribution is -0.139. The summed E-state index contributed by atoms with van der Waals surface area (Å²) in [4.78, 5) is 31.6. The van der Waals surface area contributed by atoms with Gasteiger partial charge in [-0.2, -0.15) is 9.27 Å². The van der Waals surface area contributed by atoms with Crippen LogP contribution in [0.2, 0.25) is 0 Å². The van der Waals surface area contributed by atoms with Crippen LogP contribution in [0.5, 0.6) is 0 Å². The van der Waals surface area contributed by atoms with Gasteiger partial charge in [0.05, 0.1) is 12.6 Å². The van der Waals surface area contributed by atoms with Crippen molar-refractivity contribution in [2.24, 2.45) is 5.92 Å². The number of nitrogens with one attached hydrogen (secondary N) is 2. The minimum absolute atomic E-state index is 0.156. The second-order valence-electron chi connectivity index (χ2n) is 7.66. The third-order valence-electron chi connectivity index (χ3n) is 5.68. The summed E-state index contributed by atoms with van der Waals surface area (Å²) in [5.74, 6) is 0.109. The molecule has 0 radical (unpaired) electrons. The van der Waals surface area contributed by atoms with Crippen molar-refractivity contribution in [1.29, 1.82) is 0 Å². The van der Waals surface area contributed by atoms with Crippen LogP contribution in [0.1, 0.15) is 19.3 Å². The van der Waals surface area contributed by atoms with Crippen LogP contribution in [0, 0.1) is 5.92 Å². The molecule has 160 valence electrons. The van der Waals surface area contributed by atoms with E-state index in [2.05, 4.69) is 19.6 Å². The van der Waals surface area contributed by atoms with Crippen LogP contribution in [-0.4, -0.2) is 73.1 Å². The van der Waals surface area contributed by atoms with E-state index in [9.17, 15) is 13.8 Å². The van der Waals surface area contributed by atoms with E-state index in [4.69, 9.17) is 9.39 Å². The lowest BCUT2D eigenvalue weighted by Crippen LogP contribution is -2.50. The lowest BCUT2D eigenvalue weighted by Gasteiger charge is -2.29. The molecule has 3 amide bonds. The zero-order valence-electron chi connectivity index (χ0n) is 15.8. The first kappa shape index (κ1) is 20.3. The number of carbonyl (C=O) groups excluding carboxylic acids is 2. The highest BCUT2D eigenvalue weighted by atomic mass is 32.2. The Bertz CT molecular complexity index is 762. The molecule has 3 aliphatic rings. The molecule has 2 bridgehead atoms. The molecule has 0 spiro atoms. The maximum atomic E-state index is 12.5. The third kappa shape index (κ3) is 4.61. The maximum absolute atomic E-state index is 12.5. The summed E-state index contributed by atoms with van der Waals surface area (Å²) in [7, 11) is 0. The van der Waals surface area contributed by atoms with Gasteiger partial charge in [0, 0.05) is 38.1 Å². The first-order chi connectivity index (χ1) is 14.0. The first-order valence-electron chi connectivity index (χ1n) is 9.66. The number of amides is 3. The van der Waals surface area contributed by atoms with E-state index >= 15 is 0 Å². The van der Waals surface area contributed by atoms with Crippen molar-refractivity contribution < 1.29 is 27.5 Å². The number of fused-ring (bicyclic) bond motifs is 2. The van der Waals surface area contributed by atoms with Crippen molar-refractivity contribution in [2.45, 2.75) is 43.9 Å². The molecule has 1 aromatic rings. The second kappa shape index (κ2) is 8.79. The number of hydrogen-bond acceptors (Lipinski definition) is 6. The number of hydroxylamine groups is 3. The van der Waals surface area contributed by atoms with Crippen LogP contribution in [0.15, 0.2) is 24.5 Å². The van der Waals surface area contributed by atoms with Crippen LogP contribution in [0.3, 0.4) is 0 Å². The van der Waals surface area contributed by atoms with Crippen LogP contribution >= 0.6 is 0 Å². The van der Waals surface area contributed by atoms with Crippen LogP contribution in [0.4, 0.5) is 4.79 Å². The van der Waals surface area contributed by atoms with Crippen molar-refractivity contribution in [3.05, 3.63) is 24.5 Å². The Morgan fingerprint density at radius 2 is 2.14 bits per heavy atom. The van der Waals surface area contributed by atoms with Gasteiger partial charge in [0.25, 0.3) is 5.91 Å². The molecule has 0 aromatic carbocycles. The summed E-state index contributed by atoms with van der Waals surface area (Å²) in [6.45, 7) is 2.46. The van der Waals surface area contributed by atoms with Crippen molar-refractivity contribution >= 4 is 23.3 Å². The molecule has 4 heterocycles. The van der Waals surface area contributed by atoms with E-state index in [0.717, 1.165) is 24.6 Å². The zero-order valence-corrected chi connectivity index (χ0v) is 16.6.